The van der Waals surface area contributed by atoms with Crippen LogP contribution in [0.15, 0.2) is 61.1 Å². The highest BCUT2D eigenvalue weighted by Gasteiger charge is 2.16. The molecule has 1 aliphatic heterocycles. The van der Waals surface area contributed by atoms with Crippen LogP contribution in [0.25, 0.3) is 16.7 Å². The summed E-state index contributed by atoms with van der Waals surface area (Å²) >= 11 is 0. The Labute approximate surface area is 187 Å². The van der Waals surface area contributed by atoms with E-state index in [2.05, 4.69) is 25.7 Å². The van der Waals surface area contributed by atoms with Gasteiger partial charge in [-0.25, -0.2) is 19.4 Å². The number of nitrogens with one attached hydrogen (secondary N) is 2. The van der Waals surface area contributed by atoms with Gasteiger partial charge in [0.05, 0.1) is 11.9 Å². The number of ether oxygens (including phenoxy) is 3. The summed E-state index contributed by atoms with van der Waals surface area (Å²) in [4.78, 5) is 32.7. The van der Waals surface area contributed by atoms with Gasteiger partial charge < -0.3 is 19.5 Å². The van der Waals surface area contributed by atoms with Crippen molar-refractivity contribution in [1.82, 2.24) is 25.1 Å². The van der Waals surface area contributed by atoms with Crippen LogP contribution < -0.4 is 24.8 Å². The zero-order valence-electron chi connectivity index (χ0n) is 17.2. The number of nitrogens with zero attached hydrogens (tertiary/aromatic N) is 4. The van der Waals surface area contributed by atoms with Gasteiger partial charge >= 0.3 is 6.03 Å². The van der Waals surface area contributed by atoms with Crippen LogP contribution in [0.1, 0.15) is 0 Å². The third-order valence-corrected chi connectivity index (χ3v) is 4.72. The van der Waals surface area contributed by atoms with Gasteiger partial charge in [-0.3, -0.25) is 10.1 Å². The van der Waals surface area contributed by atoms with Gasteiger partial charge in [0.2, 0.25) is 5.88 Å². The zero-order chi connectivity index (χ0) is 22.6. The molecule has 2 aromatic heterocycles. The number of carbonyl (C=O) groups excluding carboxylic acids is 2. The molecule has 3 heterocycles. The summed E-state index contributed by atoms with van der Waals surface area (Å²) in [5.41, 5.74) is 1.81. The summed E-state index contributed by atoms with van der Waals surface area (Å²) in [7, 11) is 0. The van der Waals surface area contributed by atoms with Gasteiger partial charge in [-0.05, 0) is 24.3 Å². The third-order valence-electron chi connectivity index (χ3n) is 4.72. The van der Waals surface area contributed by atoms with E-state index in [1.165, 1.54) is 6.33 Å². The minimum atomic E-state index is -0.704. The lowest BCUT2D eigenvalue weighted by atomic mass is 10.2. The smallest absolute Gasteiger partial charge is 0.325 e. The minimum Gasteiger partial charge on any atom is -0.486 e. The van der Waals surface area contributed by atoms with Crippen molar-refractivity contribution in [2.45, 2.75) is 0 Å². The quantitative estimate of drug-likeness (QED) is 0.478. The summed E-state index contributed by atoms with van der Waals surface area (Å²) in [6, 6.07) is 13.7. The highest BCUT2D eigenvalue weighted by atomic mass is 16.6. The molecule has 0 unspecified atom stereocenters. The second-order valence-corrected chi connectivity index (χ2v) is 6.96. The first-order valence-electron chi connectivity index (χ1n) is 10.0. The first-order valence-corrected chi connectivity index (χ1v) is 10.0. The molecule has 0 fully saturated rings. The maximum atomic E-state index is 12.2. The molecule has 0 aliphatic carbocycles. The molecule has 5 rings (SSSR count). The van der Waals surface area contributed by atoms with Crippen molar-refractivity contribution >= 4 is 28.7 Å². The molecule has 1 aliphatic rings. The molecular formula is C22H18N6O5. The predicted molar refractivity (Wildman–Crippen MR) is 117 cm³/mol. The Balaban J connectivity index is 1.20. The normalized spacial score (nSPS) is 12.2. The van der Waals surface area contributed by atoms with Crippen molar-refractivity contribution in [2.24, 2.45) is 0 Å². The lowest BCUT2D eigenvalue weighted by Crippen LogP contribution is -2.37. The Kier molecular flexibility index (Phi) is 5.42. The maximum Gasteiger partial charge on any atom is 0.325 e. The van der Waals surface area contributed by atoms with Crippen LogP contribution in [0.3, 0.4) is 0 Å². The van der Waals surface area contributed by atoms with Crippen molar-refractivity contribution in [1.29, 1.82) is 0 Å². The number of carbonyl (C=O) groups is 2. The van der Waals surface area contributed by atoms with E-state index < -0.39 is 18.5 Å². The van der Waals surface area contributed by atoms with Crippen molar-refractivity contribution in [3.63, 3.8) is 0 Å². The number of hydrogen-bond acceptors (Lipinski definition) is 8. The van der Waals surface area contributed by atoms with E-state index in [1.807, 2.05) is 30.3 Å². The molecule has 0 atom stereocenters. The first-order chi connectivity index (χ1) is 16.2. The molecule has 0 spiro atoms. The molecule has 4 aromatic rings. The van der Waals surface area contributed by atoms with Gasteiger partial charge in [-0.15, -0.1) is 0 Å². The second-order valence-electron chi connectivity index (χ2n) is 6.96. The minimum absolute atomic E-state index is 0.185. The Hall–Kier alpha value is -4.67. The lowest BCUT2D eigenvalue weighted by Gasteiger charge is -2.19. The average molecular weight is 446 g/mol. The number of benzene rings is 2. The van der Waals surface area contributed by atoms with Crippen LogP contribution in [0.4, 0.5) is 10.5 Å². The van der Waals surface area contributed by atoms with E-state index >= 15 is 0 Å². The van der Waals surface area contributed by atoms with E-state index in [1.54, 1.807) is 29.1 Å². The summed E-state index contributed by atoms with van der Waals surface area (Å²) in [6.07, 6.45) is 2.88. The van der Waals surface area contributed by atoms with Gasteiger partial charge in [0.1, 0.15) is 24.9 Å². The number of anilines is 1. The summed E-state index contributed by atoms with van der Waals surface area (Å²) < 4.78 is 18.1. The molecule has 0 saturated heterocycles. The standard InChI is InChI=1S/C22H18N6O5/c29-19(27-22(30)26-14-6-7-17-18(10-14)32-9-8-31-17)12-33-21-16-11-25-28(20(16)23-13-24-21)15-4-2-1-3-5-15/h1-7,10-11,13H,8-9,12H2,(H2,26,27,29,30). The molecule has 0 saturated carbocycles. The van der Waals surface area contributed by atoms with Crippen LogP contribution in [-0.2, 0) is 4.79 Å². The molecular weight excluding hydrogens is 428 g/mol. The lowest BCUT2D eigenvalue weighted by molar-refractivity contribution is -0.121. The topological polar surface area (TPSA) is 129 Å². The number of para-hydroxylation sites is 1. The van der Waals surface area contributed by atoms with E-state index in [-0.39, 0.29) is 5.88 Å². The largest absolute Gasteiger partial charge is 0.486 e. The van der Waals surface area contributed by atoms with Crippen molar-refractivity contribution in [3.8, 4) is 23.1 Å². The number of amides is 3. The van der Waals surface area contributed by atoms with Crippen molar-refractivity contribution in [3.05, 3.63) is 61.1 Å². The molecule has 0 bridgehead atoms. The number of imide groups is 1. The highest BCUT2D eigenvalue weighted by Crippen LogP contribution is 2.32. The predicted octanol–water partition coefficient (Wildman–Crippen LogP) is 2.31. The first kappa shape index (κ1) is 20.2. The number of aromatic nitrogens is 4. The van der Waals surface area contributed by atoms with Gasteiger partial charge in [0.15, 0.2) is 23.8 Å². The van der Waals surface area contributed by atoms with Crippen LogP contribution in [0.5, 0.6) is 17.4 Å². The van der Waals surface area contributed by atoms with E-state index in [4.69, 9.17) is 14.2 Å². The monoisotopic (exact) mass is 446 g/mol. The van der Waals surface area contributed by atoms with Crippen LogP contribution in [-0.4, -0.2) is 51.5 Å². The zero-order valence-corrected chi connectivity index (χ0v) is 17.2. The average Bonchev–Trinajstić information content (AvgIpc) is 3.28. The molecule has 2 aromatic carbocycles. The molecule has 2 N–H and O–H groups in total. The summed E-state index contributed by atoms with van der Waals surface area (Å²) in [5, 5.41) is 9.65. The third kappa shape index (κ3) is 4.37. The Bertz CT molecular complexity index is 1320. The Morgan fingerprint density at radius 1 is 1.03 bits per heavy atom. The fourth-order valence-electron chi connectivity index (χ4n) is 3.28. The number of hydrogen-bond donors (Lipinski definition) is 2. The SMILES string of the molecule is O=C(COc1ncnc2c1cnn2-c1ccccc1)NC(=O)Nc1ccc2c(c1)OCCO2. The van der Waals surface area contributed by atoms with E-state index in [9.17, 15) is 9.59 Å². The fraction of sp³-hybridized carbons (Fsp3) is 0.136. The van der Waals surface area contributed by atoms with Crippen molar-refractivity contribution in [2.75, 3.05) is 25.1 Å². The van der Waals surface area contributed by atoms with Gasteiger partial charge in [-0.2, -0.15) is 5.10 Å². The molecule has 33 heavy (non-hydrogen) atoms. The Morgan fingerprint density at radius 2 is 1.85 bits per heavy atom. The number of fused-ring (bicyclic) bond motifs is 2. The van der Waals surface area contributed by atoms with Crippen LogP contribution >= 0.6 is 0 Å². The second kappa shape index (κ2) is 8.83. The molecule has 11 heteroatoms. The molecule has 3 amide bonds. The molecule has 0 radical (unpaired) electrons. The molecule has 11 nitrogen and oxygen atoms in total. The Morgan fingerprint density at radius 3 is 2.70 bits per heavy atom. The van der Waals surface area contributed by atoms with E-state index in [0.717, 1.165) is 5.69 Å². The molecule has 166 valence electrons. The van der Waals surface area contributed by atoms with Gasteiger partial charge in [0, 0.05) is 11.8 Å². The maximum absolute atomic E-state index is 12.2. The van der Waals surface area contributed by atoms with Gasteiger partial charge in [0.25, 0.3) is 5.91 Å². The van der Waals surface area contributed by atoms with Crippen molar-refractivity contribution < 1.29 is 23.8 Å². The fourth-order valence-corrected chi connectivity index (χ4v) is 3.28. The number of rotatable bonds is 5. The summed E-state index contributed by atoms with van der Waals surface area (Å²) in [6.45, 7) is 0.483. The highest BCUT2D eigenvalue weighted by molar-refractivity contribution is 6.01. The van der Waals surface area contributed by atoms with Crippen LogP contribution in [0.2, 0.25) is 0 Å². The number of urea groups is 1. The summed E-state index contributed by atoms with van der Waals surface area (Å²) in [5.74, 6) is 0.665. The van der Waals surface area contributed by atoms with E-state index in [0.29, 0.717) is 41.4 Å². The van der Waals surface area contributed by atoms with Gasteiger partial charge in [-0.1, -0.05) is 18.2 Å². The van der Waals surface area contributed by atoms with Crippen LogP contribution in [0, 0.1) is 0 Å².